The molecule has 0 radical (unpaired) electrons. The van der Waals surface area contributed by atoms with E-state index in [1.165, 1.54) is 5.56 Å². The van der Waals surface area contributed by atoms with Gasteiger partial charge in [-0.2, -0.15) is 0 Å². The third-order valence-electron chi connectivity index (χ3n) is 2.79. The molecule has 2 rings (SSSR count). The zero-order valence-electron chi connectivity index (χ0n) is 9.53. The molecule has 0 bridgehead atoms. The third kappa shape index (κ3) is 2.01. The summed E-state index contributed by atoms with van der Waals surface area (Å²) in [4.78, 5) is 0. The molecule has 0 aliphatic carbocycles. The Morgan fingerprint density at radius 2 is 1.81 bits per heavy atom. The molecule has 0 fully saturated rings. The van der Waals surface area contributed by atoms with Crippen LogP contribution in [0.4, 0.5) is 0 Å². The number of hydrogen-bond donors (Lipinski definition) is 2. The van der Waals surface area contributed by atoms with Gasteiger partial charge in [0.05, 0.1) is 12.3 Å². The molecule has 16 heavy (non-hydrogen) atoms. The quantitative estimate of drug-likeness (QED) is 0.612. The van der Waals surface area contributed by atoms with E-state index in [4.69, 9.17) is 10.3 Å². The van der Waals surface area contributed by atoms with E-state index in [-0.39, 0.29) is 6.04 Å². The molecule has 1 aromatic carbocycles. The van der Waals surface area contributed by atoms with Crippen molar-refractivity contribution in [3.63, 3.8) is 0 Å². The van der Waals surface area contributed by atoms with Gasteiger partial charge in [-0.15, -0.1) is 0 Å². The molecule has 1 unspecified atom stereocenters. The molecule has 0 amide bonds. The highest BCUT2D eigenvalue weighted by Crippen LogP contribution is 2.24. The van der Waals surface area contributed by atoms with E-state index < -0.39 is 0 Å². The summed E-state index contributed by atoms with van der Waals surface area (Å²) in [5, 5.41) is 0. The standard InChI is InChI=1S/C13H16N2O/c1-9-3-5-11(6-4-9)13(15-14)12-7-8-16-10(12)2/h3-8,13,15H,14H2,1-2H3. The van der Waals surface area contributed by atoms with Crippen molar-refractivity contribution < 1.29 is 4.42 Å². The minimum Gasteiger partial charge on any atom is -0.469 e. The first-order chi connectivity index (χ1) is 7.72. The monoisotopic (exact) mass is 216 g/mol. The van der Waals surface area contributed by atoms with Crippen molar-refractivity contribution in [1.82, 2.24) is 5.43 Å². The number of furan rings is 1. The van der Waals surface area contributed by atoms with Crippen molar-refractivity contribution in [3.8, 4) is 0 Å². The Morgan fingerprint density at radius 3 is 2.31 bits per heavy atom. The Bertz CT molecular complexity index is 459. The normalized spacial score (nSPS) is 12.7. The Kier molecular flexibility index (Phi) is 3.08. The van der Waals surface area contributed by atoms with E-state index in [1.54, 1.807) is 6.26 Å². The van der Waals surface area contributed by atoms with E-state index in [0.29, 0.717) is 0 Å². The van der Waals surface area contributed by atoms with Crippen LogP contribution in [0, 0.1) is 13.8 Å². The van der Waals surface area contributed by atoms with Gasteiger partial charge in [-0.3, -0.25) is 5.84 Å². The van der Waals surface area contributed by atoms with Gasteiger partial charge in [0.1, 0.15) is 5.76 Å². The number of benzene rings is 1. The smallest absolute Gasteiger partial charge is 0.105 e. The molecular formula is C13H16N2O. The summed E-state index contributed by atoms with van der Waals surface area (Å²) in [6, 6.07) is 10.2. The third-order valence-corrected chi connectivity index (χ3v) is 2.79. The number of rotatable bonds is 3. The summed E-state index contributed by atoms with van der Waals surface area (Å²) in [5.41, 5.74) is 6.27. The first-order valence-corrected chi connectivity index (χ1v) is 5.29. The van der Waals surface area contributed by atoms with Crippen LogP contribution in [0.5, 0.6) is 0 Å². The van der Waals surface area contributed by atoms with E-state index in [1.807, 2.05) is 13.0 Å². The first-order valence-electron chi connectivity index (χ1n) is 5.29. The number of hydrazine groups is 1. The fraction of sp³-hybridized carbons (Fsp3) is 0.231. The highest BCUT2D eigenvalue weighted by molar-refractivity contribution is 5.34. The van der Waals surface area contributed by atoms with Crippen LogP contribution in [-0.4, -0.2) is 0 Å². The molecular weight excluding hydrogens is 200 g/mol. The molecule has 84 valence electrons. The molecule has 2 aromatic rings. The maximum Gasteiger partial charge on any atom is 0.105 e. The van der Waals surface area contributed by atoms with Crippen molar-refractivity contribution in [1.29, 1.82) is 0 Å². The SMILES string of the molecule is Cc1ccc(C(NN)c2ccoc2C)cc1. The van der Waals surface area contributed by atoms with Crippen LogP contribution in [0.15, 0.2) is 41.0 Å². The predicted octanol–water partition coefficient (Wildman–Crippen LogP) is 2.45. The van der Waals surface area contributed by atoms with E-state index in [0.717, 1.165) is 16.9 Å². The lowest BCUT2D eigenvalue weighted by Gasteiger charge is -2.15. The molecule has 1 atom stereocenters. The van der Waals surface area contributed by atoms with Crippen LogP contribution in [0.1, 0.15) is 28.5 Å². The Balaban J connectivity index is 2.37. The molecule has 3 nitrogen and oxygen atoms in total. The maximum atomic E-state index is 5.61. The van der Waals surface area contributed by atoms with Crippen LogP contribution in [0.25, 0.3) is 0 Å². The largest absolute Gasteiger partial charge is 0.469 e. The molecule has 1 aromatic heterocycles. The molecule has 3 N–H and O–H groups in total. The molecule has 0 spiro atoms. The molecule has 1 heterocycles. The van der Waals surface area contributed by atoms with Crippen molar-refractivity contribution in [2.75, 3.05) is 0 Å². The number of nitrogens with one attached hydrogen (secondary N) is 1. The molecule has 3 heteroatoms. The topological polar surface area (TPSA) is 51.2 Å². The average molecular weight is 216 g/mol. The summed E-state index contributed by atoms with van der Waals surface area (Å²) < 4.78 is 5.30. The minimum atomic E-state index is -0.0145. The molecule has 0 aliphatic rings. The fourth-order valence-corrected chi connectivity index (χ4v) is 1.82. The number of aryl methyl sites for hydroxylation is 2. The van der Waals surface area contributed by atoms with Crippen molar-refractivity contribution in [2.24, 2.45) is 5.84 Å². The van der Waals surface area contributed by atoms with Gasteiger partial charge in [0, 0.05) is 5.56 Å². The summed E-state index contributed by atoms with van der Waals surface area (Å²) in [7, 11) is 0. The van der Waals surface area contributed by atoms with Gasteiger partial charge in [-0.05, 0) is 25.5 Å². The molecule has 0 aliphatic heterocycles. The van der Waals surface area contributed by atoms with Crippen LogP contribution in [0.3, 0.4) is 0 Å². The average Bonchev–Trinajstić information content (AvgIpc) is 2.69. The minimum absolute atomic E-state index is 0.0145. The lowest BCUT2D eigenvalue weighted by Crippen LogP contribution is -2.28. The molecule has 0 saturated carbocycles. The zero-order valence-corrected chi connectivity index (χ0v) is 9.53. The Morgan fingerprint density at radius 1 is 1.12 bits per heavy atom. The summed E-state index contributed by atoms with van der Waals surface area (Å²) in [6.45, 7) is 4.01. The van der Waals surface area contributed by atoms with Crippen LogP contribution in [-0.2, 0) is 0 Å². The lowest BCUT2D eigenvalue weighted by molar-refractivity contribution is 0.520. The summed E-state index contributed by atoms with van der Waals surface area (Å²) in [5.74, 6) is 6.50. The van der Waals surface area contributed by atoms with Crippen LogP contribution >= 0.6 is 0 Å². The Labute approximate surface area is 95.2 Å². The fourth-order valence-electron chi connectivity index (χ4n) is 1.82. The van der Waals surface area contributed by atoms with Crippen molar-refractivity contribution >= 4 is 0 Å². The highest BCUT2D eigenvalue weighted by atomic mass is 16.3. The van der Waals surface area contributed by atoms with Gasteiger partial charge in [-0.1, -0.05) is 29.8 Å². The predicted molar refractivity (Wildman–Crippen MR) is 63.8 cm³/mol. The highest BCUT2D eigenvalue weighted by Gasteiger charge is 2.15. The van der Waals surface area contributed by atoms with Gasteiger partial charge in [-0.25, -0.2) is 5.43 Å². The van der Waals surface area contributed by atoms with Crippen LogP contribution in [0.2, 0.25) is 0 Å². The first kappa shape index (κ1) is 10.9. The van der Waals surface area contributed by atoms with E-state index >= 15 is 0 Å². The van der Waals surface area contributed by atoms with Crippen molar-refractivity contribution in [3.05, 3.63) is 59.0 Å². The second-order valence-corrected chi connectivity index (χ2v) is 3.94. The van der Waals surface area contributed by atoms with E-state index in [9.17, 15) is 0 Å². The Hall–Kier alpha value is -1.58. The summed E-state index contributed by atoms with van der Waals surface area (Å²) >= 11 is 0. The molecule has 0 saturated heterocycles. The van der Waals surface area contributed by atoms with E-state index in [2.05, 4.69) is 36.6 Å². The summed E-state index contributed by atoms with van der Waals surface area (Å²) in [6.07, 6.45) is 1.68. The van der Waals surface area contributed by atoms with Gasteiger partial charge in [0.2, 0.25) is 0 Å². The number of nitrogens with two attached hydrogens (primary N) is 1. The number of hydrogen-bond acceptors (Lipinski definition) is 3. The van der Waals surface area contributed by atoms with Gasteiger partial charge in [0.15, 0.2) is 0 Å². The zero-order chi connectivity index (χ0) is 11.5. The maximum absolute atomic E-state index is 5.61. The van der Waals surface area contributed by atoms with Gasteiger partial charge < -0.3 is 4.42 Å². The second kappa shape index (κ2) is 4.51. The second-order valence-electron chi connectivity index (χ2n) is 3.94. The lowest BCUT2D eigenvalue weighted by atomic mass is 9.99. The van der Waals surface area contributed by atoms with Gasteiger partial charge >= 0.3 is 0 Å². The van der Waals surface area contributed by atoms with Crippen molar-refractivity contribution in [2.45, 2.75) is 19.9 Å². The van der Waals surface area contributed by atoms with Gasteiger partial charge in [0.25, 0.3) is 0 Å². The van der Waals surface area contributed by atoms with Crippen LogP contribution < -0.4 is 11.3 Å².